The highest BCUT2D eigenvalue weighted by Crippen LogP contribution is 2.31. The molecule has 19 heavy (non-hydrogen) atoms. The summed E-state index contributed by atoms with van der Waals surface area (Å²) in [5, 5.41) is 12.6. The third-order valence-electron chi connectivity index (χ3n) is 3.35. The zero-order valence-corrected chi connectivity index (χ0v) is 11.9. The Morgan fingerprint density at radius 2 is 2.16 bits per heavy atom. The molecule has 0 saturated carbocycles. The van der Waals surface area contributed by atoms with E-state index in [1.807, 2.05) is 30.0 Å². The summed E-state index contributed by atoms with van der Waals surface area (Å²) in [6, 6.07) is 10.3. The highest BCUT2D eigenvalue weighted by atomic mass is 32.2. The predicted molar refractivity (Wildman–Crippen MR) is 79.5 cm³/mol. The van der Waals surface area contributed by atoms with E-state index in [0.717, 1.165) is 42.6 Å². The van der Waals surface area contributed by atoms with E-state index in [1.54, 1.807) is 0 Å². The van der Waals surface area contributed by atoms with Gasteiger partial charge in [-0.25, -0.2) is 0 Å². The van der Waals surface area contributed by atoms with Crippen molar-refractivity contribution in [3.8, 4) is 0 Å². The van der Waals surface area contributed by atoms with Crippen LogP contribution < -0.4 is 5.32 Å². The van der Waals surface area contributed by atoms with Gasteiger partial charge in [-0.05, 0) is 19.1 Å². The van der Waals surface area contributed by atoms with Gasteiger partial charge >= 0.3 is 0 Å². The van der Waals surface area contributed by atoms with E-state index >= 15 is 0 Å². The van der Waals surface area contributed by atoms with Crippen LogP contribution in [0.4, 0.5) is 5.69 Å². The first-order valence-corrected chi connectivity index (χ1v) is 7.72. The van der Waals surface area contributed by atoms with Gasteiger partial charge in [-0.15, -0.1) is 22.0 Å². The number of nitrogens with zero attached hydrogens (tertiary/aromatic N) is 3. The van der Waals surface area contributed by atoms with E-state index in [-0.39, 0.29) is 0 Å². The lowest BCUT2D eigenvalue weighted by Crippen LogP contribution is -2.17. The summed E-state index contributed by atoms with van der Waals surface area (Å²) in [5.41, 5.74) is 1.16. The molecule has 1 aromatic carbocycles. The Labute approximate surface area is 117 Å². The molecule has 2 aromatic rings. The molecular formula is C14H18N4S. The van der Waals surface area contributed by atoms with Crippen molar-refractivity contribution in [3.05, 3.63) is 42.0 Å². The van der Waals surface area contributed by atoms with Gasteiger partial charge in [0, 0.05) is 31.0 Å². The van der Waals surface area contributed by atoms with Crippen LogP contribution in [0.15, 0.2) is 30.3 Å². The number of fused-ring (bicyclic) bond motifs is 1. The maximum absolute atomic E-state index is 4.34. The van der Waals surface area contributed by atoms with Gasteiger partial charge in [0.1, 0.15) is 11.6 Å². The summed E-state index contributed by atoms with van der Waals surface area (Å²) in [4.78, 5) is 0. The number of thioether (sulfide) groups is 1. The number of para-hydroxylation sites is 1. The number of anilines is 1. The molecule has 2 heterocycles. The zero-order chi connectivity index (χ0) is 13.1. The summed E-state index contributed by atoms with van der Waals surface area (Å²) < 4.78 is 2.29. The number of hydrogen-bond donors (Lipinski definition) is 1. The van der Waals surface area contributed by atoms with Crippen molar-refractivity contribution in [2.75, 3.05) is 17.6 Å². The second kappa shape index (κ2) is 5.65. The van der Waals surface area contributed by atoms with Gasteiger partial charge in [-0.3, -0.25) is 0 Å². The molecular weight excluding hydrogens is 256 g/mol. The van der Waals surface area contributed by atoms with E-state index in [2.05, 4.69) is 39.1 Å². The van der Waals surface area contributed by atoms with Crippen LogP contribution >= 0.6 is 11.8 Å². The summed E-state index contributed by atoms with van der Waals surface area (Å²) in [6.07, 6.45) is 0.916. The first-order chi connectivity index (χ1) is 9.34. The van der Waals surface area contributed by atoms with Crippen molar-refractivity contribution in [2.45, 2.75) is 25.1 Å². The van der Waals surface area contributed by atoms with Gasteiger partial charge in [0.15, 0.2) is 0 Å². The smallest absolute Gasteiger partial charge is 0.145 e. The fraction of sp³-hybridized carbons (Fsp3) is 0.429. The Morgan fingerprint density at radius 3 is 3.00 bits per heavy atom. The molecule has 0 fully saturated rings. The molecule has 1 aliphatic rings. The van der Waals surface area contributed by atoms with Crippen molar-refractivity contribution < 1.29 is 0 Å². The predicted octanol–water partition coefficient (Wildman–Crippen LogP) is 2.74. The Hall–Kier alpha value is -1.49. The van der Waals surface area contributed by atoms with Crippen LogP contribution in [0.25, 0.3) is 0 Å². The van der Waals surface area contributed by atoms with Gasteiger partial charge in [-0.1, -0.05) is 18.2 Å². The molecule has 1 atom stereocenters. The van der Waals surface area contributed by atoms with Crippen LogP contribution in [-0.4, -0.2) is 27.1 Å². The minimum absolute atomic E-state index is 0.470. The number of rotatable bonds is 4. The molecule has 0 bridgehead atoms. The molecule has 1 N–H and O–H groups in total. The average molecular weight is 274 g/mol. The Balaban J connectivity index is 1.62. The highest BCUT2D eigenvalue weighted by molar-refractivity contribution is 7.99. The molecule has 0 radical (unpaired) electrons. The SMILES string of the molecule is CC1SCCn2c(CCNc3ccccc3)nnc21. The Morgan fingerprint density at radius 1 is 1.32 bits per heavy atom. The topological polar surface area (TPSA) is 42.7 Å². The third kappa shape index (κ3) is 2.76. The zero-order valence-electron chi connectivity index (χ0n) is 11.0. The highest BCUT2D eigenvalue weighted by Gasteiger charge is 2.21. The molecule has 4 nitrogen and oxygen atoms in total. The maximum atomic E-state index is 4.34. The van der Waals surface area contributed by atoms with Gasteiger partial charge in [0.2, 0.25) is 0 Å². The van der Waals surface area contributed by atoms with Gasteiger partial charge in [-0.2, -0.15) is 0 Å². The van der Waals surface area contributed by atoms with E-state index in [4.69, 9.17) is 0 Å². The van der Waals surface area contributed by atoms with E-state index in [1.165, 1.54) is 0 Å². The summed E-state index contributed by atoms with van der Waals surface area (Å²) in [5.74, 6) is 3.39. The van der Waals surface area contributed by atoms with Crippen molar-refractivity contribution in [2.24, 2.45) is 0 Å². The van der Waals surface area contributed by atoms with Crippen LogP contribution in [0, 0.1) is 0 Å². The molecule has 0 spiro atoms. The summed E-state index contributed by atoms with van der Waals surface area (Å²) in [7, 11) is 0. The van der Waals surface area contributed by atoms with Gasteiger partial charge in [0.25, 0.3) is 0 Å². The van der Waals surface area contributed by atoms with Crippen LogP contribution in [0.5, 0.6) is 0 Å². The molecule has 0 saturated heterocycles. The second-order valence-corrected chi connectivity index (χ2v) is 6.13. The monoisotopic (exact) mass is 274 g/mol. The van der Waals surface area contributed by atoms with Crippen molar-refractivity contribution in [1.29, 1.82) is 0 Å². The molecule has 1 aliphatic heterocycles. The number of benzene rings is 1. The van der Waals surface area contributed by atoms with Crippen LogP contribution in [0.1, 0.15) is 23.8 Å². The molecule has 0 amide bonds. The van der Waals surface area contributed by atoms with Crippen molar-refractivity contribution >= 4 is 17.4 Å². The van der Waals surface area contributed by atoms with Gasteiger partial charge in [0.05, 0.1) is 5.25 Å². The minimum atomic E-state index is 0.470. The molecule has 5 heteroatoms. The lowest BCUT2D eigenvalue weighted by Gasteiger charge is -2.20. The van der Waals surface area contributed by atoms with E-state index in [0.29, 0.717) is 5.25 Å². The Kier molecular flexibility index (Phi) is 3.73. The lowest BCUT2D eigenvalue weighted by atomic mass is 10.3. The molecule has 1 unspecified atom stereocenters. The normalized spacial score (nSPS) is 18.1. The summed E-state index contributed by atoms with van der Waals surface area (Å²) in [6.45, 7) is 4.14. The first-order valence-electron chi connectivity index (χ1n) is 6.67. The van der Waals surface area contributed by atoms with Crippen molar-refractivity contribution in [1.82, 2.24) is 14.8 Å². The van der Waals surface area contributed by atoms with E-state index in [9.17, 15) is 0 Å². The summed E-state index contributed by atoms with van der Waals surface area (Å²) >= 11 is 1.96. The number of hydrogen-bond acceptors (Lipinski definition) is 4. The average Bonchev–Trinajstić information content (AvgIpc) is 2.85. The number of aromatic nitrogens is 3. The molecule has 3 rings (SSSR count). The quantitative estimate of drug-likeness (QED) is 0.931. The Bertz CT molecular complexity index is 538. The largest absolute Gasteiger partial charge is 0.385 e. The standard InChI is InChI=1S/C14H18N4S/c1-11-14-17-16-13(18(14)9-10-19-11)7-8-15-12-5-3-2-4-6-12/h2-6,11,15H,7-10H2,1H3. The fourth-order valence-electron chi connectivity index (χ4n) is 2.35. The first kappa shape index (κ1) is 12.5. The molecule has 1 aromatic heterocycles. The molecule has 100 valence electrons. The van der Waals surface area contributed by atoms with Crippen LogP contribution in [0.2, 0.25) is 0 Å². The van der Waals surface area contributed by atoms with Crippen LogP contribution in [0.3, 0.4) is 0 Å². The molecule has 0 aliphatic carbocycles. The van der Waals surface area contributed by atoms with E-state index < -0.39 is 0 Å². The second-order valence-electron chi connectivity index (χ2n) is 4.68. The van der Waals surface area contributed by atoms with Crippen molar-refractivity contribution in [3.63, 3.8) is 0 Å². The van der Waals surface area contributed by atoms with Crippen LogP contribution in [-0.2, 0) is 13.0 Å². The van der Waals surface area contributed by atoms with Gasteiger partial charge < -0.3 is 9.88 Å². The maximum Gasteiger partial charge on any atom is 0.145 e. The number of nitrogens with one attached hydrogen (secondary N) is 1. The fourth-order valence-corrected chi connectivity index (χ4v) is 3.31. The lowest BCUT2D eigenvalue weighted by molar-refractivity contribution is 0.650. The minimum Gasteiger partial charge on any atom is -0.385 e. The third-order valence-corrected chi connectivity index (χ3v) is 4.48.